The van der Waals surface area contributed by atoms with Gasteiger partial charge in [-0.05, 0) is 62.9 Å². The van der Waals surface area contributed by atoms with Gasteiger partial charge in [0.15, 0.2) is 0 Å². The molecule has 0 unspecified atom stereocenters. The molecule has 24 heavy (non-hydrogen) atoms. The number of rotatable bonds is 7. The fourth-order valence-corrected chi connectivity index (χ4v) is 3.18. The molecular weight excluding hydrogens is 324 g/mol. The maximum atomic E-state index is 11.0. The standard InChI is InChI=1S/C19H29ClN2O2/c1-4-14(2)24-19-6-5-17(11-18(19)20)13-22-9-7-16(8-10-22)12-21-15(3)23/h5-6,11,14,16H,4,7-10,12-13H2,1-3H3,(H,21,23)/t14-/m0/s1. The van der Waals surface area contributed by atoms with Crippen LogP contribution in [0.5, 0.6) is 5.75 Å². The van der Waals surface area contributed by atoms with Crippen molar-refractivity contribution in [3.8, 4) is 5.75 Å². The van der Waals surface area contributed by atoms with Gasteiger partial charge in [-0.15, -0.1) is 0 Å². The molecule has 4 nitrogen and oxygen atoms in total. The lowest BCUT2D eigenvalue weighted by Gasteiger charge is -2.32. The lowest BCUT2D eigenvalue weighted by atomic mass is 9.96. The fourth-order valence-electron chi connectivity index (χ4n) is 2.93. The van der Waals surface area contributed by atoms with Crippen molar-refractivity contribution in [2.45, 2.75) is 52.7 Å². The molecule has 1 amide bonds. The molecule has 5 heteroatoms. The lowest BCUT2D eigenvalue weighted by molar-refractivity contribution is -0.119. The summed E-state index contributed by atoms with van der Waals surface area (Å²) in [6.45, 7) is 9.57. The first-order valence-electron chi connectivity index (χ1n) is 8.89. The van der Waals surface area contributed by atoms with Gasteiger partial charge in [-0.1, -0.05) is 24.6 Å². The first kappa shape index (κ1) is 19.1. The Kier molecular flexibility index (Phi) is 7.38. The Morgan fingerprint density at radius 2 is 2.12 bits per heavy atom. The molecule has 0 aliphatic carbocycles. The van der Waals surface area contributed by atoms with E-state index < -0.39 is 0 Å². The molecule has 1 saturated heterocycles. The minimum atomic E-state index is 0.0618. The molecule has 1 aliphatic rings. The third kappa shape index (κ3) is 5.99. The van der Waals surface area contributed by atoms with Crippen LogP contribution in [0.25, 0.3) is 0 Å². The molecule has 134 valence electrons. The van der Waals surface area contributed by atoms with E-state index in [0.717, 1.165) is 51.2 Å². The van der Waals surface area contributed by atoms with Crippen molar-refractivity contribution < 1.29 is 9.53 Å². The number of amides is 1. The summed E-state index contributed by atoms with van der Waals surface area (Å²) < 4.78 is 5.82. The Hall–Kier alpha value is -1.26. The number of carbonyl (C=O) groups excluding carboxylic acids is 1. The molecule has 0 saturated carbocycles. The molecule has 0 bridgehead atoms. The molecule has 2 rings (SSSR count). The molecule has 1 heterocycles. The molecule has 1 aromatic rings. The Bertz CT molecular complexity index is 542. The number of ether oxygens (including phenoxy) is 1. The molecule has 1 aliphatic heterocycles. The van der Waals surface area contributed by atoms with Crippen molar-refractivity contribution in [2.24, 2.45) is 5.92 Å². The Morgan fingerprint density at radius 1 is 1.42 bits per heavy atom. The number of nitrogens with one attached hydrogen (secondary N) is 1. The summed E-state index contributed by atoms with van der Waals surface area (Å²) >= 11 is 6.36. The second-order valence-electron chi connectivity index (χ2n) is 6.76. The number of hydrogen-bond acceptors (Lipinski definition) is 3. The number of carbonyl (C=O) groups is 1. The third-order valence-corrected chi connectivity index (χ3v) is 4.95. The van der Waals surface area contributed by atoms with Crippen LogP contribution in [0.4, 0.5) is 0 Å². The lowest BCUT2D eigenvalue weighted by Crippen LogP contribution is -2.37. The summed E-state index contributed by atoms with van der Waals surface area (Å²) in [6, 6.07) is 6.10. The molecule has 0 spiro atoms. The first-order chi connectivity index (χ1) is 11.5. The van der Waals surface area contributed by atoms with Gasteiger partial charge in [-0.2, -0.15) is 0 Å². The molecule has 0 aromatic heterocycles. The van der Waals surface area contributed by atoms with Crippen LogP contribution in [0.15, 0.2) is 18.2 Å². The molecule has 1 atom stereocenters. The number of likely N-dealkylation sites (tertiary alicyclic amines) is 1. The van der Waals surface area contributed by atoms with E-state index in [1.54, 1.807) is 6.92 Å². The van der Waals surface area contributed by atoms with Crippen LogP contribution >= 0.6 is 11.6 Å². The van der Waals surface area contributed by atoms with E-state index >= 15 is 0 Å². The second kappa shape index (κ2) is 9.28. The van der Waals surface area contributed by atoms with Crippen molar-refractivity contribution in [3.05, 3.63) is 28.8 Å². The van der Waals surface area contributed by atoms with Gasteiger partial charge in [0.2, 0.25) is 5.91 Å². The van der Waals surface area contributed by atoms with Gasteiger partial charge in [0.1, 0.15) is 5.75 Å². The quantitative estimate of drug-likeness (QED) is 0.810. The van der Waals surface area contributed by atoms with Crippen LogP contribution in [0.1, 0.15) is 45.6 Å². The summed E-state index contributed by atoms with van der Waals surface area (Å²) in [7, 11) is 0. The topological polar surface area (TPSA) is 41.6 Å². The van der Waals surface area contributed by atoms with E-state index in [1.807, 2.05) is 12.1 Å². The predicted octanol–water partition coefficient (Wildman–Crippen LogP) is 3.87. The maximum absolute atomic E-state index is 11.0. The van der Waals surface area contributed by atoms with Crippen LogP contribution in [0, 0.1) is 5.92 Å². The van der Waals surface area contributed by atoms with Crippen LogP contribution < -0.4 is 10.1 Å². The summed E-state index contributed by atoms with van der Waals surface area (Å²) in [4.78, 5) is 13.4. The van der Waals surface area contributed by atoms with E-state index in [9.17, 15) is 4.79 Å². The van der Waals surface area contributed by atoms with Crippen molar-refractivity contribution >= 4 is 17.5 Å². The van der Waals surface area contributed by atoms with Gasteiger partial charge in [-0.25, -0.2) is 0 Å². The maximum Gasteiger partial charge on any atom is 0.216 e. The van der Waals surface area contributed by atoms with Crippen LogP contribution in [-0.2, 0) is 11.3 Å². The smallest absolute Gasteiger partial charge is 0.216 e. The fraction of sp³-hybridized carbons (Fsp3) is 0.632. The van der Waals surface area contributed by atoms with E-state index in [-0.39, 0.29) is 12.0 Å². The molecule has 1 N–H and O–H groups in total. The summed E-state index contributed by atoms with van der Waals surface area (Å²) in [6.07, 6.45) is 3.40. The number of nitrogens with zero attached hydrogens (tertiary/aromatic N) is 1. The van der Waals surface area contributed by atoms with Gasteiger partial charge in [0.05, 0.1) is 11.1 Å². The largest absolute Gasteiger partial charge is 0.489 e. The highest BCUT2D eigenvalue weighted by molar-refractivity contribution is 6.32. The predicted molar refractivity (Wildman–Crippen MR) is 98.5 cm³/mol. The number of piperidine rings is 1. The summed E-state index contributed by atoms with van der Waals surface area (Å²) in [5.41, 5.74) is 1.22. The Morgan fingerprint density at radius 3 is 2.71 bits per heavy atom. The monoisotopic (exact) mass is 352 g/mol. The average molecular weight is 353 g/mol. The van der Waals surface area contributed by atoms with Crippen molar-refractivity contribution in [1.29, 1.82) is 0 Å². The first-order valence-corrected chi connectivity index (χ1v) is 9.27. The zero-order chi connectivity index (χ0) is 17.5. The third-order valence-electron chi connectivity index (χ3n) is 4.65. The highest BCUT2D eigenvalue weighted by atomic mass is 35.5. The number of halogens is 1. The summed E-state index contributed by atoms with van der Waals surface area (Å²) in [5.74, 6) is 1.43. The zero-order valence-corrected chi connectivity index (χ0v) is 15.7. The van der Waals surface area contributed by atoms with Crippen molar-refractivity contribution in [2.75, 3.05) is 19.6 Å². The van der Waals surface area contributed by atoms with Crippen molar-refractivity contribution in [3.63, 3.8) is 0 Å². The SMILES string of the molecule is CC[C@H](C)Oc1ccc(CN2CCC(CNC(C)=O)CC2)cc1Cl. The molecule has 1 fully saturated rings. The summed E-state index contributed by atoms with van der Waals surface area (Å²) in [5, 5.41) is 3.61. The van der Waals surface area contributed by atoms with Crippen molar-refractivity contribution in [1.82, 2.24) is 10.2 Å². The van der Waals surface area contributed by atoms with Crippen LogP contribution in [0.3, 0.4) is 0 Å². The average Bonchev–Trinajstić information content (AvgIpc) is 2.56. The van der Waals surface area contributed by atoms with Gasteiger partial charge in [0.25, 0.3) is 0 Å². The van der Waals surface area contributed by atoms with E-state index in [4.69, 9.17) is 16.3 Å². The van der Waals surface area contributed by atoms with Crippen LogP contribution in [-0.4, -0.2) is 36.5 Å². The minimum Gasteiger partial charge on any atom is -0.489 e. The zero-order valence-electron chi connectivity index (χ0n) is 15.0. The van der Waals surface area contributed by atoms with Gasteiger partial charge >= 0.3 is 0 Å². The highest BCUT2D eigenvalue weighted by Crippen LogP contribution is 2.28. The molecule has 0 radical (unpaired) electrons. The van der Waals surface area contributed by atoms with Gasteiger partial charge < -0.3 is 10.1 Å². The normalized spacial score (nSPS) is 17.5. The number of hydrogen-bond donors (Lipinski definition) is 1. The Labute approximate surface area is 150 Å². The number of benzene rings is 1. The van der Waals surface area contributed by atoms with Gasteiger partial charge in [-0.3, -0.25) is 9.69 Å². The minimum absolute atomic E-state index is 0.0618. The van der Waals surface area contributed by atoms with Gasteiger partial charge in [0, 0.05) is 20.0 Å². The second-order valence-corrected chi connectivity index (χ2v) is 7.17. The Balaban J connectivity index is 1.82. The van der Waals surface area contributed by atoms with E-state index in [0.29, 0.717) is 10.9 Å². The van der Waals surface area contributed by atoms with E-state index in [1.165, 1.54) is 5.56 Å². The highest BCUT2D eigenvalue weighted by Gasteiger charge is 2.19. The van der Waals surface area contributed by atoms with Crippen LogP contribution in [0.2, 0.25) is 5.02 Å². The van der Waals surface area contributed by atoms with E-state index in [2.05, 4.69) is 30.1 Å². The molecule has 1 aromatic carbocycles. The molecular formula is C19H29ClN2O2.